The molecule has 2 rings (SSSR count). The number of hydrogen-bond donors (Lipinski definition) is 2. The van der Waals surface area contributed by atoms with Crippen molar-refractivity contribution in [3.8, 4) is 0 Å². The van der Waals surface area contributed by atoms with E-state index in [0.29, 0.717) is 19.1 Å². The highest BCUT2D eigenvalue weighted by atomic mass is 16.3. The maximum atomic E-state index is 11.7. The summed E-state index contributed by atoms with van der Waals surface area (Å²) in [6.07, 6.45) is 2.29. The summed E-state index contributed by atoms with van der Waals surface area (Å²) in [7, 11) is 0. The van der Waals surface area contributed by atoms with Crippen molar-refractivity contribution in [2.24, 2.45) is 0 Å². The Morgan fingerprint density at radius 2 is 1.78 bits per heavy atom. The third-order valence-electron chi connectivity index (χ3n) is 3.39. The molecule has 5 heteroatoms. The van der Waals surface area contributed by atoms with E-state index in [1.165, 1.54) is 0 Å². The quantitative estimate of drug-likeness (QED) is 0.705. The molecule has 18 heavy (non-hydrogen) atoms. The molecule has 1 aliphatic heterocycles. The Morgan fingerprint density at radius 1 is 1.22 bits per heavy atom. The van der Waals surface area contributed by atoms with Crippen LogP contribution in [-0.4, -0.2) is 71.7 Å². The van der Waals surface area contributed by atoms with Gasteiger partial charge in [0.05, 0.1) is 12.1 Å². The van der Waals surface area contributed by atoms with Gasteiger partial charge in [-0.05, 0) is 26.7 Å². The van der Waals surface area contributed by atoms with E-state index < -0.39 is 5.60 Å². The Hall–Kier alpha value is -0.650. The highest BCUT2D eigenvalue weighted by Gasteiger charge is 2.26. The molecule has 0 aromatic rings. The number of carbonyl (C=O) groups is 1. The predicted octanol–water partition coefficient (Wildman–Crippen LogP) is -0.346. The first-order valence-corrected chi connectivity index (χ1v) is 6.89. The highest BCUT2D eigenvalue weighted by molar-refractivity contribution is 5.78. The van der Waals surface area contributed by atoms with Gasteiger partial charge in [-0.15, -0.1) is 0 Å². The summed E-state index contributed by atoms with van der Waals surface area (Å²) in [5, 5.41) is 12.8. The molecule has 5 nitrogen and oxygen atoms in total. The molecule has 0 aromatic heterocycles. The molecular formula is C13H25N3O2. The number of nitrogens with zero attached hydrogens (tertiary/aromatic N) is 2. The van der Waals surface area contributed by atoms with Crippen LogP contribution in [0.5, 0.6) is 0 Å². The van der Waals surface area contributed by atoms with Crippen molar-refractivity contribution in [3.05, 3.63) is 0 Å². The number of hydrogen-bond acceptors (Lipinski definition) is 4. The Labute approximate surface area is 109 Å². The second-order valence-electron chi connectivity index (χ2n) is 6.21. The fourth-order valence-electron chi connectivity index (χ4n) is 2.36. The van der Waals surface area contributed by atoms with Gasteiger partial charge in [0.25, 0.3) is 0 Å². The van der Waals surface area contributed by atoms with Gasteiger partial charge in [0.2, 0.25) is 5.91 Å². The van der Waals surface area contributed by atoms with Gasteiger partial charge in [0, 0.05) is 38.8 Å². The van der Waals surface area contributed by atoms with Crippen molar-refractivity contribution < 1.29 is 9.90 Å². The summed E-state index contributed by atoms with van der Waals surface area (Å²) >= 11 is 0. The van der Waals surface area contributed by atoms with Crippen LogP contribution < -0.4 is 5.32 Å². The van der Waals surface area contributed by atoms with Crippen LogP contribution in [0.15, 0.2) is 0 Å². The molecule has 1 amide bonds. The van der Waals surface area contributed by atoms with E-state index >= 15 is 0 Å². The van der Waals surface area contributed by atoms with Crippen LogP contribution >= 0.6 is 0 Å². The molecule has 2 N–H and O–H groups in total. The minimum Gasteiger partial charge on any atom is -0.389 e. The number of β-amino-alcohol motifs (C(OH)–C–C–N with tert-alkyl or cyclic N) is 1. The number of carbonyl (C=O) groups excluding carboxylic acids is 1. The minimum absolute atomic E-state index is 0.161. The number of nitrogens with one attached hydrogen (secondary N) is 1. The van der Waals surface area contributed by atoms with Crippen molar-refractivity contribution in [2.45, 2.75) is 38.3 Å². The zero-order valence-corrected chi connectivity index (χ0v) is 11.5. The summed E-state index contributed by atoms with van der Waals surface area (Å²) in [6, 6.07) is 0.453. The Bertz CT molecular complexity index is 289. The summed E-state index contributed by atoms with van der Waals surface area (Å²) in [4.78, 5) is 16.1. The maximum Gasteiger partial charge on any atom is 0.234 e. The number of amides is 1. The normalized spacial score (nSPS) is 23.1. The summed E-state index contributed by atoms with van der Waals surface area (Å²) in [5.41, 5.74) is -0.633. The van der Waals surface area contributed by atoms with Crippen molar-refractivity contribution in [1.29, 1.82) is 0 Å². The van der Waals surface area contributed by atoms with Crippen molar-refractivity contribution in [3.63, 3.8) is 0 Å². The maximum absolute atomic E-state index is 11.7. The lowest BCUT2D eigenvalue weighted by Gasteiger charge is -2.36. The van der Waals surface area contributed by atoms with E-state index in [-0.39, 0.29) is 5.91 Å². The summed E-state index contributed by atoms with van der Waals surface area (Å²) < 4.78 is 0. The van der Waals surface area contributed by atoms with Crippen LogP contribution in [0.3, 0.4) is 0 Å². The molecular weight excluding hydrogens is 230 g/mol. The molecule has 1 saturated heterocycles. The lowest BCUT2D eigenvalue weighted by Crippen LogP contribution is -2.52. The predicted molar refractivity (Wildman–Crippen MR) is 70.3 cm³/mol. The minimum atomic E-state index is -0.633. The summed E-state index contributed by atoms with van der Waals surface area (Å²) in [5.74, 6) is 0.161. The Kier molecular flexibility index (Phi) is 4.25. The highest BCUT2D eigenvalue weighted by Crippen LogP contribution is 2.18. The van der Waals surface area contributed by atoms with E-state index in [1.54, 1.807) is 0 Å². The van der Waals surface area contributed by atoms with Gasteiger partial charge in [-0.1, -0.05) is 0 Å². The molecule has 0 aromatic carbocycles. The third kappa shape index (κ3) is 4.92. The second-order valence-corrected chi connectivity index (χ2v) is 6.21. The fourth-order valence-corrected chi connectivity index (χ4v) is 2.36. The van der Waals surface area contributed by atoms with Gasteiger partial charge in [-0.25, -0.2) is 0 Å². The third-order valence-corrected chi connectivity index (χ3v) is 3.39. The molecule has 0 unspecified atom stereocenters. The Balaban J connectivity index is 1.64. The smallest absolute Gasteiger partial charge is 0.234 e. The summed E-state index contributed by atoms with van der Waals surface area (Å²) in [6.45, 7) is 8.58. The fraction of sp³-hybridized carbons (Fsp3) is 0.923. The zero-order chi connectivity index (χ0) is 13.2. The van der Waals surface area contributed by atoms with Gasteiger partial charge in [-0.3, -0.25) is 14.6 Å². The monoisotopic (exact) mass is 255 g/mol. The molecule has 1 saturated carbocycles. The van der Waals surface area contributed by atoms with Crippen LogP contribution in [0.4, 0.5) is 0 Å². The van der Waals surface area contributed by atoms with Crippen LogP contribution in [0.2, 0.25) is 0 Å². The first kappa shape index (κ1) is 13.8. The van der Waals surface area contributed by atoms with E-state index in [9.17, 15) is 9.90 Å². The molecule has 0 atom stereocenters. The van der Waals surface area contributed by atoms with E-state index in [4.69, 9.17) is 0 Å². The van der Waals surface area contributed by atoms with E-state index in [0.717, 1.165) is 39.0 Å². The second kappa shape index (κ2) is 5.55. The number of aliphatic hydroxyl groups is 1. The van der Waals surface area contributed by atoms with Crippen molar-refractivity contribution in [1.82, 2.24) is 15.1 Å². The first-order chi connectivity index (χ1) is 8.42. The average Bonchev–Trinajstić information content (AvgIpc) is 3.02. The van der Waals surface area contributed by atoms with E-state index in [1.807, 2.05) is 13.8 Å². The Morgan fingerprint density at radius 3 is 2.28 bits per heavy atom. The molecule has 1 heterocycles. The topological polar surface area (TPSA) is 55.8 Å². The van der Waals surface area contributed by atoms with Crippen molar-refractivity contribution in [2.75, 3.05) is 39.3 Å². The molecule has 0 bridgehead atoms. The van der Waals surface area contributed by atoms with Crippen LogP contribution in [-0.2, 0) is 4.79 Å². The van der Waals surface area contributed by atoms with Crippen LogP contribution in [0.1, 0.15) is 26.7 Å². The van der Waals surface area contributed by atoms with Gasteiger partial charge in [-0.2, -0.15) is 0 Å². The lowest BCUT2D eigenvalue weighted by molar-refractivity contribution is -0.122. The largest absolute Gasteiger partial charge is 0.389 e. The van der Waals surface area contributed by atoms with Crippen LogP contribution in [0, 0.1) is 0 Å². The van der Waals surface area contributed by atoms with E-state index in [2.05, 4.69) is 15.1 Å². The first-order valence-electron chi connectivity index (χ1n) is 6.89. The number of rotatable bonds is 5. The molecule has 2 aliphatic rings. The molecule has 0 radical (unpaired) electrons. The lowest BCUT2D eigenvalue weighted by atomic mass is 10.1. The van der Waals surface area contributed by atoms with Gasteiger partial charge in [0.1, 0.15) is 0 Å². The molecule has 0 spiro atoms. The van der Waals surface area contributed by atoms with Gasteiger partial charge < -0.3 is 10.4 Å². The molecule has 104 valence electrons. The SMILES string of the molecule is CC(C)(O)CN1CCN(CC(=O)NC2CC2)CC1. The number of piperazine rings is 1. The molecule has 2 fully saturated rings. The van der Waals surface area contributed by atoms with Gasteiger partial charge in [0.15, 0.2) is 0 Å². The van der Waals surface area contributed by atoms with Crippen molar-refractivity contribution >= 4 is 5.91 Å². The standard InChI is InChI=1S/C13H25N3O2/c1-13(2,18)10-16-7-5-15(6-8-16)9-12(17)14-11-3-4-11/h11,18H,3-10H2,1-2H3,(H,14,17). The average molecular weight is 255 g/mol. The van der Waals surface area contributed by atoms with Gasteiger partial charge >= 0.3 is 0 Å². The van der Waals surface area contributed by atoms with Crippen LogP contribution in [0.25, 0.3) is 0 Å². The zero-order valence-electron chi connectivity index (χ0n) is 11.5. The molecule has 1 aliphatic carbocycles.